The van der Waals surface area contributed by atoms with Crippen LogP contribution in [0.2, 0.25) is 0 Å². The average molecular weight is 321 g/mol. The van der Waals surface area contributed by atoms with E-state index in [9.17, 15) is 9.59 Å². The molecule has 1 saturated heterocycles. The van der Waals surface area contributed by atoms with Gasteiger partial charge >= 0.3 is 0 Å². The van der Waals surface area contributed by atoms with Crippen LogP contribution in [0.15, 0.2) is 29.1 Å². The van der Waals surface area contributed by atoms with Gasteiger partial charge in [-0.2, -0.15) is 0 Å². The fourth-order valence-electron chi connectivity index (χ4n) is 2.46. The molecule has 1 aliphatic rings. The van der Waals surface area contributed by atoms with Crippen LogP contribution in [0.3, 0.4) is 0 Å². The Hall–Kier alpha value is -1.73. The second kappa shape index (κ2) is 6.36. The highest BCUT2D eigenvalue weighted by atomic mass is 32.1. The smallest absolute Gasteiger partial charge is 0.264 e. The van der Waals surface area contributed by atoms with E-state index in [2.05, 4.69) is 10.3 Å². The first-order valence-electron chi connectivity index (χ1n) is 6.80. The molecule has 0 saturated carbocycles. The van der Waals surface area contributed by atoms with Gasteiger partial charge in [0.15, 0.2) is 5.13 Å². The molecule has 2 amide bonds. The van der Waals surface area contributed by atoms with E-state index in [-0.39, 0.29) is 11.8 Å². The van der Waals surface area contributed by atoms with Gasteiger partial charge in [0.2, 0.25) is 5.91 Å². The molecular formula is C14H15N3O2S2. The minimum absolute atomic E-state index is 0.0519. The number of amides is 2. The average Bonchev–Trinajstić information content (AvgIpc) is 3.19. The summed E-state index contributed by atoms with van der Waals surface area (Å²) in [6.45, 7) is 0.632. The van der Waals surface area contributed by atoms with E-state index in [0.29, 0.717) is 23.0 Å². The number of thiazole rings is 1. The molecule has 0 spiro atoms. The van der Waals surface area contributed by atoms with E-state index in [0.717, 1.165) is 12.8 Å². The topological polar surface area (TPSA) is 62.3 Å². The summed E-state index contributed by atoms with van der Waals surface area (Å²) < 4.78 is 0. The highest BCUT2D eigenvalue weighted by Crippen LogP contribution is 2.23. The number of thiophene rings is 1. The monoisotopic (exact) mass is 321 g/mol. The number of carbonyl (C=O) groups is 2. The molecule has 1 unspecified atom stereocenters. The number of hydrogen-bond acceptors (Lipinski definition) is 5. The molecular weight excluding hydrogens is 306 g/mol. The van der Waals surface area contributed by atoms with Crippen LogP contribution >= 0.6 is 22.7 Å². The van der Waals surface area contributed by atoms with Crippen LogP contribution in [0.4, 0.5) is 5.13 Å². The van der Waals surface area contributed by atoms with Gasteiger partial charge in [-0.15, -0.1) is 22.7 Å². The lowest BCUT2D eigenvalue weighted by Gasteiger charge is -2.34. The quantitative estimate of drug-likeness (QED) is 0.945. The fraction of sp³-hybridized carbons (Fsp3) is 0.357. The van der Waals surface area contributed by atoms with Crippen LogP contribution in [0.1, 0.15) is 28.9 Å². The number of aromatic nitrogens is 1. The Morgan fingerprint density at radius 2 is 2.19 bits per heavy atom. The molecule has 5 nitrogen and oxygen atoms in total. The van der Waals surface area contributed by atoms with Gasteiger partial charge in [0.05, 0.1) is 4.88 Å². The third-order valence-electron chi connectivity index (χ3n) is 3.46. The third-order valence-corrected chi connectivity index (χ3v) is 5.01. The predicted octanol–water partition coefficient (Wildman–Crippen LogP) is 2.84. The van der Waals surface area contributed by atoms with Crippen molar-refractivity contribution in [1.82, 2.24) is 9.88 Å². The molecule has 7 heteroatoms. The minimum Gasteiger partial charge on any atom is -0.326 e. The lowest BCUT2D eigenvalue weighted by Crippen LogP contribution is -2.49. The normalized spacial score (nSPS) is 18.5. The Kier molecular flexibility index (Phi) is 4.31. The number of rotatable bonds is 3. The SMILES string of the molecule is O=C(Nc1nccs1)C1CCCCN1C(=O)c1cccs1. The van der Waals surface area contributed by atoms with Gasteiger partial charge in [-0.05, 0) is 30.7 Å². The predicted molar refractivity (Wildman–Crippen MR) is 83.7 cm³/mol. The Bertz CT molecular complexity index is 610. The van der Waals surface area contributed by atoms with Gasteiger partial charge in [-0.1, -0.05) is 6.07 Å². The highest BCUT2D eigenvalue weighted by molar-refractivity contribution is 7.13. The zero-order chi connectivity index (χ0) is 14.7. The van der Waals surface area contributed by atoms with Crippen LogP contribution in [0.5, 0.6) is 0 Å². The van der Waals surface area contributed by atoms with E-state index in [1.165, 1.54) is 22.7 Å². The molecule has 1 N–H and O–H groups in total. The standard InChI is InChI=1S/C14H15N3O2S2/c18-12(16-14-15-6-9-21-14)10-4-1-2-7-17(10)13(19)11-5-3-8-20-11/h3,5-6,8-10H,1-2,4,7H2,(H,15,16,18). The number of anilines is 1. The molecule has 0 radical (unpaired) electrons. The fourth-order valence-corrected chi connectivity index (χ4v) is 3.67. The Labute approximate surface area is 130 Å². The lowest BCUT2D eigenvalue weighted by atomic mass is 10.0. The van der Waals surface area contributed by atoms with Crippen molar-refractivity contribution in [2.24, 2.45) is 0 Å². The van der Waals surface area contributed by atoms with Gasteiger partial charge in [0.1, 0.15) is 6.04 Å². The van der Waals surface area contributed by atoms with Crippen molar-refractivity contribution in [3.05, 3.63) is 34.0 Å². The van der Waals surface area contributed by atoms with Crippen LogP contribution in [0, 0.1) is 0 Å². The molecule has 3 rings (SSSR count). The molecule has 0 aliphatic carbocycles. The van der Waals surface area contributed by atoms with Crippen LogP contribution in [-0.4, -0.2) is 34.3 Å². The Morgan fingerprint density at radius 1 is 1.29 bits per heavy atom. The number of nitrogens with one attached hydrogen (secondary N) is 1. The summed E-state index contributed by atoms with van der Waals surface area (Å²) >= 11 is 2.79. The molecule has 3 heterocycles. The maximum absolute atomic E-state index is 12.5. The zero-order valence-electron chi connectivity index (χ0n) is 11.3. The number of carbonyl (C=O) groups excluding carboxylic acids is 2. The Balaban J connectivity index is 1.75. The van der Waals surface area contributed by atoms with Gasteiger partial charge in [-0.3, -0.25) is 9.59 Å². The van der Waals surface area contributed by atoms with Crippen molar-refractivity contribution in [1.29, 1.82) is 0 Å². The molecule has 1 fully saturated rings. The molecule has 110 valence electrons. The first-order valence-corrected chi connectivity index (χ1v) is 8.56. The second-order valence-electron chi connectivity index (χ2n) is 4.81. The Morgan fingerprint density at radius 3 is 2.90 bits per heavy atom. The number of hydrogen-bond donors (Lipinski definition) is 1. The first kappa shape index (κ1) is 14.2. The molecule has 1 atom stereocenters. The number of likely N-dealkylation sites (tertiary alicyclic amines) is 1. The summed E-state index contributed by atoms with van der Waals surface area (Å²) in [5.74, 6) is -0.196. The van der Waals surface area contributed by atoms with E-state index >= 15 is 0 Å². The van der Waals surface area contributed by atoms with Crippen LogP contribution in [-0.2, 0) is 4.79 Å². The van der Waals surface area contributed by atoms with Crippen molar-refractivity contribution < 1.29 is 9.59 Å². The highest BCUT2D eigenvalue weighted by Gasteiger charge is 2.33. The maximum atomic E-state index is 12.5. The second-order valence-corrected chi connectivity index (χ2v) is 6.66. The number of nitrogens with zero attached hydrogens (tertiary/aromatic N) is 2. The van der Waals surface area contributed by atoms with E-state index in [4.69, 9.17) is 0 Å². The molecule has 2 aromatic rings. The van der Waals surface area contributed by atoms with Crippen molar-refractivity contribution >= 4 is 39.6 Å². The van der Waals surface area contributed by atoms with Gasteiger partial charge < -0.3 is 10.2 Å². The molecule has 1 aliphatic heterocycles. The van der Waals surface area contributed by atoms with E-state index in [1.54, 1.807) is 17.2 Å². The van der Waals surface area contributed by atoms with Crippen LogP contribution in [0.25, 0.3) is 0 Å². The van der Waals surface area contributed by atoms with Crippen LogP contribution < -0.4 is 5.32 Å². The van der Waals surface area contributed by atoms with Crippen molar-refractivity contribution in [2.75, 3.05) is 11.9 Å². The molecule has 2 aromatic heterocycles. The van der Waals surface area contributed by atoms with E-state index in [1.807, 2.05) is 16.8 Å². The third kappa shape index (κ3) is 3.14. The minimum atomic E-state index is -0.405. The summed E-state index contributed by atoms with van der Waals surface area (Å²) in [6, 6.07) is 3.25. The summed E-state index contributed by atoms with van der Waals surface area (Å²) in [5, 5.41) is 7.07. The van der Waals surface area contributed by atoms with Crippen molar-refractivity contribution in [2.45, 2.75) is 25.3 Å². The van der Waals surface area contributed by atoms with Crippen molar-refractivity contribution in [3.63, 3.8) is 0 Å². The summed E-state index contributed by atoms with van der Waals surface area (Å²) in [5.41, 5.74) is 0. The largest absolute Gasteiger partial charge is 0.326 e. The molecule has 21 heavy (non-hydrogen) atoms. The summed E-state index contributed by atoms with van der Waals surface area (Å²) in [4.78, 5) is 31.4. The molecule has 0 bridgehead atoms. The van der Waals surface area contributed by atoms with Gasteiger partial charge in [0.25, 0.3) is 5.91 Å². The molecule has 0 aromatic carbocycles. The number of piperidine rings is 1. The zero-order valence-corrected chi connectivity index (χ0v) is 13.0. The van der Waals surface area contributed by atoms with Gasteiger partial charge in [0, 0.05) is 18.1 Å². The van der Waals surface area contributed by atoms with E-state index < -0.39 is 6.04 Å². The van der Waals surface area contributed by atoms with Gasteiger partial charge in [-0.25, -0.2) is 4.98 Å². The maximum Gasteiger partial charge on any atom is 0.264 e. The lowest BCUT2D eigenvalue weighted by molar-refractivity contribution is -0.121. The first-order chi connectivity index (χ1) is 10.3. The summed E-state index contributed by atoms with van der Waals surface area (Å²) in [6.07, 6.45) is 4.26. The van der Waals surface area contributed by atoms with Crippen molar-refractivity contribution in [3.8, 4) is 0 Å². The summed E-state index contributed by atoms with van der Waals surface area (Å²) in [7, 11) is 0.